The molecule has 0 aliphatic heterocycles. The van der Waals surface area contributed by atoms with E-state index < -0.39 is 5.82 Å². The van der Waals surface area contributed by atoms with E-state index in [-0.39, 0.29) is 10.8 Å². The van der Waals surface area contributed by atoms with Crippen LogP contribution < -0.4 is 10.2 Å². The van der Waals surface area contributed by atoms with Crippen molar-refractivity contribution in [1.82, 2.24) is 9.97 Å². The van der Waals surface area contributed by atoms with Gasteiger partial charge in [0, 0.05) is 11.6 Å². The molecule has 0 fully saturated rings. The smallest absolute Gasteiger partial charge is 0.191 e. The van der Waals surface area contributed by atoms with Crippen molar-refractivity contribution in [3.05, 3.63) is 58.6 Å². The third kappa shape index (κ3) is 2.14. The summed E-state index contributed by atoms with van der Waals surface area (Å²) in [7, 11) is 1.58. The molecule has 2 aromatic heterocycles. The number of hydrogen-bond acceptors (Lipinski definition) is 3. The minimum absolute atomic E-state index is 0.233. The Hall–Kier alpha value is -2.69. The number of pyridine rings is 2. The van der Waals surface area contributed by atoms with Crippen LogP contribution in [0.1, 0.15) is 0 Å². The number of aromatic nitrogens is 2. The molecule has 100 valence electrons. The van der Waals surface area contributed by atoms with Crippen molar-refractivity contribution >= 4 is 11.0 Å². The lowest BCUT2D eigenvalue weighted by Gasteiger charge is -2.06. The third-order valence-corrected chi connectivity index (χ3v) is 3.03. The molecule has 0 saturated carbocycles. The number of rotatable bonds is 2. The fourth-order valence-corrected chi connectivity index (χ4v) is 2.05. The van der Waals surface area contributed by atoms with Crippen molar-refractivity contribution in [2.75, 3.05) is 7.11 Å². The van der Waals surface area contributed by atoms with Gasteiger partial charge in [0.2, 0.25) is 0 Å². The van der Waals surface area contributed by atoms with Crippen LogP contribution in [0.5, 0.6) is 5.75 Å². The molecule has 3 rings (SSSR count). The fourth-order valence-electron chi connectivity index (χ4n) is 2.05. The minimum atomic E-state index is -0.530. The predicted molar refractivity (Wildman–Crippen MR) is 74.3 cm³/mol. The largest absolute Gasteiger partial charge is 0.497 e. The van der Waals surface area contributed by atoms with E-state index in [2.05, 4.69) is 9.97 Å². The van der Waals surface area contributed by atoms with Gasteiger partial charge in [-0.05, 0) is 18.2 Å². The Labute approximate surface area is 113 Å². The molecule has 0 radical (unpaired) electrons. The minimum Gasteiger partial charge on any atom is -0.497 e. The SMILES string of the molecule is COc1cccc(-c2cc(=O)c3cc(F)cnc3[nH]2)c1. The summed E-state index contributed by atoms with van der Waals surface area (Å²) in [5, 5.41) is 0.233. The van der Waals surface area contributed by atoms with Crippen molar-refractivity contribution in [3.63, 3.8) is 0 Å². The number of ether oxygens (including phenoxy) is 1. The summed E-state index contributed by atoms with van der Waals surface area (Å²) >= 11 is 0. The average Bonchev–Trinajstić information content (AvgIpc) is 2.48. The molecule has 0 bridgehead atoms. The number of nitrogens with zero attached hydrogens (tertiary/aromatic N) is 1. The Morgan fingerprint density at radius 3 is 2.90 bits per heavy atom. The topological polar surface area (TPSA) is 55.0 Å². The molecule has 0 unspecified atom stereocenters. The van der Waals surface area contributed by atoms with Crippen LogP contribution in [-0.2, 0) is 0 Å². The monoisotopic (exact) mass is 270 g/mol. The summed E-state index contributed by atoms with van der Waals surface area (Å²) in [6.45, 7) is 0. The van der Waals surface area contributed by atoms with Crippen molar-refractivity contribution in [1.29, 1.82) is 0 Å². The molecule has 3 aromatic rings. The van der Waals surface area contributed by atoms with Gasteiger partial charge in [-0.25, -0.2) is 9.37 Å². The zero-order chi connectivity index (χ0) is 14.1. The van der Waals surface area contributed by atoms with Crippen LogP contribution in [0.25, 0.3) is 22.3 Å². The van der Waals surface area contributed by atoms with Crippen LogP contribution in [0.3, 0.4) is 0 Å². The molecule has 0 saturated heterocycles. The molecule has 1 aromatic carbocycles. The first-order chi connectivity index (χ1) is 9.67. The van der Waals surface area contributed by atoms with Crippen LogP contribution in [0, 0.1) is 5.82 Å². The van der Waals surface area contributed by atoms with Gasteiger partial charge in [-0.15, -0.1) is 0 Å². The van der Waals surface area contributed by atoms with E-state index in [0.29, 0.717) is 17.1 Å². The molecule has 1 N–H and O–H groups in total. The lowest BCUT2D eigenvalue weighted by Crippen LogP contribution is -2.04. The van der Waals surface area contributed by atoms with Crippen LogP contribution in [0.15, 0.2) is 47.4 Å². The van der Waals surface area contributed by atoms with Gasteiger partial charge in [0.1, 0.15) is 17.2 Å². The van der Waals surface area contributed by atoms with Gasteiger partial charge in [-0.1, -0.05) is 12.1 Å². The quantitative estimate of drug-likeness (QED) is 0.779. The Kier molecular flexibility index (Phi) is 2.95. The van der Waals surface area contributed by atoms with Crippen LogP contribution in [-0.4, -0.2) is 17.1 Å². The molecule has 5 heteroatoms. The van der Waals surface area contributed by atoms with E-state index in [9.17, 15) is 9.18 Å². The maximum atomic E-state index is 13.1. The molecule has 20 heavy (non-hydrogen) atoms. The lowest BCUT2D eigenvalue weighted by molar-refractivity contribution is 0.415. The number of methoxy groups -OCH3 is 1. The summed E-state index contributed by atoms with van der Waals surface area (Å²) in [6, 6.07) is 9.91. The van der Waals surface area contributed by atoms with Gasteiger partial charge in [0.05, 0.1) is 24.4 Å². The second-order valence-corrected chi connectivity index (χ2v) is 4.33. The summed E-state index contributed by atoms with van der Waals surface area (Å²) in [4.78, 5) is 19.0. The number of halogens is 1. The summed E-state index contributed by atoms with van der Waals surface area (Å²) in [6.07, 6.45) is 1.08. The Morgan fingerprint density at radius 1 is 1.25 bits per heavy atom. The number of aromatic amines is 1. The molecular weight excluding hydrogens is 259 g/mol. The van der Waals surface area contributed by atoms with E-state index in [1.807, 2.05) is 18.2 Å². The summed E-state index contributed by atoms with van der Waals surface area (Å²) in [5.41, 5.74) is 1.50. The maximum absolute atomic E-state index is 13.1. The normalized spacial score (nSPS) is 10.7. The van der Waals surface area contributed by atoms with Crippen LogP contribution in [0.4, 0.5) is 4.39 Å². The second-order valence-electron chi connectivity index (χ2n) is 4.33. The maximum Gasteiger partial charge on any atom is 0.191 e. The average molecular weight is 270 g/mol. The van der Waals surface area contributed by atoms with Gasteiger partial charge < -0.3 is 9.72 Å². The Balaban J connectivity index is 2.22. The first kappa shape index (κ1) is 12.3. The molecule has 0 atom stereocenters. The molecule has 0 aliphatic carbocycles. The molecule has 2 heterocycles. The zero-order valence-electron chi connectivity index (χ0n) is 10.7. The summed E-state index contributed by atoms with van der Waals surface area (Å²) < 4.78 is 18.3. The first-order valence-electron chi connectivity index (χ1n) is 6.00. The highest BCUT2D eigenvalue weighted by atomic mass is 19.1. The van der Waals surface area contributed by atoms with Gasteiger partial charge in [0.15, 0.2) is 5.43 Å². The number of fused-ring (bicyclic) bond motifs is 1. The third-order valence-electron chi connectivity index (χ3n) is 3.03. The highest BCUT2D eigenvalue weighted by molar-refractivity contribution is 5.78. The van der Waals surface area contributed by atoms with Gasteiger partial charge in [-0.2, -0.15) is 0 Å². The molecule has 0 aliphatic rings. The molecule has 0 amide bonds. The number of hydrogen-bond donors (Lipinski definition) is 1. The van der Waals surface area contributed by atoms with Gasteiger partial charge in [0.25, 0.3) is 0 Å². The van der Waals surface area contributed by atoms with Crippen molar-refractivity contribution < 1.29 is 9.13 Å². The summed E-state index contributed by atoms with van der Waals surface area (Å²) in [5.74, 6) is 0.160. The zero-order valence-corrected chi connectivity index (χ0v) is 10.7. The molecule has 0 spiro atoms. The molecule has 4 nitrogen and oxygen atoms in total. The van der Waals surface area contributed by atoms with Crippen LogP contribution >= 0.6 is 0 Å². The van der Waals surface area contributed by atoms with E-state index in [0.717, 1.165) is 11.8 Å². The number of benzene rings is 1. The van der Waals surface area contributed by atoms with Crippen LogP contribution in [0.2, 0.25) is 0 Å². The van der Waals surface area contributed by atoms with Crippen molar-refractivity contribution in [2.45, 2.75) is 0 Å². The van der Waals surface area contributed by atoms with Gasteiger partial charge >= 0.3 is 0 Å². The number of H-pyrrole nitrogens is 1. The number of nitrogens with one attached hydrogen (secondary N) is 1. The van der Waals surface area contributed by atoms with E-state index in [1.54, 1.807) is 13.2 Å². The predicted octanol–water partition coefficient (Wildman–Crippen LogP) is 2.74. The van der Waals surface area contributed by atoms with Crippen molar-refractivity contribution in [3.8, 4) is 17.0 Å². The lowest BCUT2D eigenvalue weighted by atomic mass is 10.1. The second kappa shape index (κ2) is 4.77. The Morgan fingerprint density at radius 2 is 2.10 bits per heavy atom. The van der Waals surface area contributed by atoms with E-state index in [4.69, 9.17) is 4.74 Å². The first-order valence-corrected chi connectivity index (χ1v) is 6.00. The van der Waals surface area contributed by atoms with Gasteiger partial charge in [-0.3, -0.25) is 4.79 Å². The Bertz CT molecular complexity index is 843. The highest BCUT2D eigenvalue weighted by Gasteiger charge is 2.07. The fraction of sp³-hybridized carbons (Fsp3) is 0.0667. The van der Waals surface area contributed by atoms with E-state index in [1.165, 1.54) is 12.1 Å². The van der Waals surface area contributed by atoms with Crippen molar-refractivity contribution in [2.24, 2.45) is 0 Å². The van der Waals surface area contributed by atoms with E-state index >= 15 is 0 Å². The standard InChI is InChI=1S/C15H11FN2O2/c1-20-11-4-2-3-9(5-11)13-7-14(19)12-6-10(16)8-17-15(12)18-13/h2-8H,1H3,(H,17,18,19). The highest BCUT2D eigenvalue weighted by Crippen LogP contribution is 2.22. The molecular formula is C15H11FN2O2.